The highest BCUT2D eigenvalue weighted by Crippen LogP contribution is 2.20. The molecule has 1 saturated heterocycles. The van der Waals surface area contributed by atoms with Gasteiger partial charge in [-0.2, -0.15) is 0 Å². The van der Waals surface area contributed by atoms with Crippen LogP contribution in [0.5, 0.6) is 0 Å². The molecule has 4 heteroatoms. The quantitative estimate of drug-likeness (QED) is 0.796. The summed E-state index contributed by atoms with van der Waals surface area (Å²) in [6.45, 7) is 3.19. The van der Waals surface area contributed by atoms with E-state index in [1.54, 1.807) is 12.4 Å². The van der Waals surface area contributed by atoms with E-state index in [4.69, 9.17) is 0 Å². The molecule has 0 spiro atoms. The molecule has 1 aromatic rings. The summed E-state index contributed by atoms with van der Waals surface area (Å²) >= 11 is 1.82. The van der Waals surface area contributed by atoms with Gasteiger partial charge in [0.05, 0.1) is 5.69 Å². The molecule has 2 heterocycles. The van der Waals surface area contributed by atoms with E-state index in [0.29, 0.717) is 6.04 Å². The van der Waals surface area contributed by atoms with Gasteiger partial charge in [0.15, 0.2) is 0 Å². The number of hydrogen-bond acceptors (Lipinski definition) is 4. The number of rotatable bonds is 3. The van der Waals surface area contributed by atoms with Crippen LogP contribution in [-0.2, 0) is 0 Å². The lowest BCUT2D eigenvalue weighted by Crippen LogP contribution is -2.35. The van der Waals surface area contributed by atoms with Crippen LogP contribution < -0.4 is 5.32 Å². The van der Waals surface area contributed by atoms with Gasteiger partial charge in [-0.05, 0) is 26.3 Å². The number of aromatic nitrogens is 2. The van der Waals surface area contributed by atoms with Crippen molar-refractivity contribution in [3.63, 3.8) is 0 Å². The Balaban J connectivity index is 1.84. The van der Waals surface area contributed by atoms with Gasteiger partial charge >= 0.3 is 0 Å². The molecular weight excluding hydrogens is 206 g/mol. The summed E-state index contributed by atoms with van der Waals surface area (Å²) in [4.78, 5) is 8.57. The lowest BCUT2D eigenvalue weighted by Gasteiger charge is -2.22. The van der Waals surface area contributed by atoms with Crippen LogP contribution in [0.25, 0.3) is 0 Å². The maximum atomic E-state index is 4.34. The van der Waals surface area contributed by atoms with Crippen LogP contribution >= 0.6 is 11.8 Å². The molecule has 15 heavy (non-hydrogen) atoms. The van der Waals surface area contributed by atoms with Crippen LogP contribution in [0.4, 0.5) is 0 Å². The zero-order chi connectivity index (χ0) is 10.5. The number of thioether (sulfide) groups is 1. The van der Waals surface area contributed by atoms with Gasteiger partial charge in [0.25, 0.3) is 0 Å². The van der Waals surface area contributed by atoms with Crippen molar-refractivity contribution in [3.05, 3.63) is 18.1 Å². The largest absolute Gasteiger partial charge is 0.313 e. The van der Waals surface area contributed by atoms with E-state index in [-0.39, 0.29) is 0 Å². The predicted molar refractivity (Wildman–Crippen MR) is 63.1 cm³/mol. The van der Waals surface area contributed by atoms with Gasteiger partial charge in [-0.1, -0.05) is 6.42 Å². The predicted octanol–water partition coefficient (Wildman–Crippen LogP) is 2.02. The molecule has 1 atom stereocenters. The second-order valence-electron chi connectivity index (χ2n) is 3.90. The van der Waals surface area contributed by atoms with Gasteiger partial charge in [0, 0.05) is 24.2 Å². The first-order chi connectivity index (χ1) is 7.36. The van der Waals surface area contributed by atoms with Gasteiger partial charge < -0.3 is 5.32 Å². The minimum atomic E-state index is 0.658. The normalized spacial score (nSPS) is 21.5. The molecule has 0 radical (unpaired) electrons. The van der Waals surface area contributed by atoms with Gasteiger partial charge in [-0.25, -0.2) is 4.98 Å². The first kappa shape index (κ1) is 10.9. The SMILES string of the molecule is Cc1nccnc1SCC1CCCCN1. The average molecular weight is 223 g/mol. The van der Waals surface area contributed by atoms with Crippen LogP contribution in [-0.4, -0.2) is 28.3 Å². The lowest BCUT2D eigenvalue weighted by molar-refractivity contribution is 0.430. The van der Waals surface area contributed by atoms with Crippen LogP contribution in [0.15, 0.2) is 17.4 Å². The summed E-state index contributed by atoms with van der Waals surface area (Å²) in [5.74, 6) is 1.11. The first-order valence-electron chi connectivity index (χ1n) is 5.50. The Labute approximate surface area is 95.1 Å². The monoisotopic (exact) mass is 223 g/mol. The Morgan fingerprint density at radius 1 is 1.40 bits per heavy atom. The molecule has 1 N–H and O–H groups in total. The maximum absolute atomic E-state index is 4.34. The fourth-order valence-electron chi connectivity index (χ4n) is 1.78. The number of nitrogens with zero attached hydrogens (tertiary/aromatic N) is 2. The zero-order valence-electron chi connectivity index (χ0n) is 9.07. The standard InChI is InChI=1S/C11H17N3S/c1-9-11(14-7-6-12-9)15-8-10-4-2-3-5-13-10/h6-7,10,13H,2-5,8H2,1H3. The summed E-state index contributed by atoms with van der Waals surface area (Å²) in [7, 11) is 0. The van der Waals surface area contributed by atoms with Crippen molar-refractivity contribution >= 4 is 11.8 Å². The number of nitrogens with one attached hydrogen (secondary N) is 1. The Kier molecular flexibility index (Phi) is 3.97. The topological polar surface area (TPSA) is 37.8 Å². The molecule has 3 nitrogen and oxygen atoms in total. The molecule has 0 bridgehead atoms. The molecule has 0 amide bonds. The Morgan fingerprint density at radius 3 is 3.00 bits per heavy atom. The van der Waals surface area contributed by atoms with Crippen LogP contribution in [0.2, 0.25) is 0 Å². The average Bonchev–Trinajstić information content (AvgIpc) is 2.29. The molecule has 1 aliphatic heterocycles. The van der Waals surface area contributed by atoms with Crippen molar-refractivity contribution < 1.29 is 0 Å². The fourth-order valence-corrected chi connectivity index (χ4v) is 2.82. The van der Waals surface area contributed by atoms with Crippen molar-refractivity contribution in [1.82, 2.24) is 15.3 Å². The van der Waals surface area contributed by atoms with E-state index in [9.17, 15) is 0 Å². The van der Waals surface area contributed by atoms with E-state index < -0.39 is 0 Å². The minimum absolute atomic E-state index is 0.658. The molecule has 1 aliphatic rings. The van der Waals surface area contributed by atoms with E-state index in [0.717, 1.165) is 16.5 Å². The highest BCUT2D eigenvalue weighted by molar-refractivity contribution is 7.99. The molecular formula is C11H17N3S. The second-order valence-corrected chi connectivity index (χ2v) is 4.91. The van der Waals surface area contributed by atoms with Crippen molar-refractivity contribution in [2.24, 2.45) is 0 Å². The third-order valence-electron chi connectivity index (χ3n) is 2.67. The van der Waals surface area contributed by atoms with Crippen LogP contribution in [0, 0.1) is 6.92 Å². The van der Waals surface area contributed by atoms with Crippen LogP contribution in [0.1, 0.15) is 25.0 Å². The molecule has 82 valence electrons. The number of hydrogen-bond donors (Lipinski definition) is 1. The van der Waals surface area contributed by atoms with Crippen molar-refractivity contribution in [1.29, 1.82) is 0 Å². The van der Waals surface area contributed by atoms with Gasteiger partial charge in [0.2, 0.25) is 0 Å². The number of piperidine rings is 1. The van der Waals surface area contributed by atoms with Gasteiger partial charge in [-0.3, -0.25) is 4.98 Å². The van der Waals surface area contributed by atoms with E-state index in [2.05, 4.69) is 15.3 Å². The summed E-state index contributed by atoms with van der Waals surface area (Å²) in [5, 5.41) is 4.61. The summed E-state index contributed by atoms with van der Waals surface area (Å²) in [5.41, 5.74) is 1.04. The minimum Gasteiger partial charge on any atom is -0.313 e. The van der Waals surface area contributed by atoms with Gasteiger partial charge in [0.1, 0.15) is 5.03 Å². The molecule has 2 rings (SSSR count). The Bertz CT molecular complexity index is 310. The van der Waals surface area contributed by atoms with Crippen molar-refractivity contribution in [3.8, 4) is 0 Å². The van der Waals surface area contributed by atoms with E-state index in [1.165, 1.54) is 25.8 Å². The number of aryl methyl sites for hydroxylation is 1. The van der Waals surface area contributed by atoms with E-state index in [1.807, 2.05) is 18.7 Å². The third kappa shape index (κ3) is 3.18. The van der Waals surface area contributed by atoms with Crippen molar-refractivity contribution in [2.75, 3.05) is 12.3 Å². The molecule has 0 saturated carbocycles. The molecule has 1 aromatic heterocycles. The van der Waals surface area contributed by atoms with E-state index >= 15 is 0 Å². The van der Waals surface area contributed by atoms with Gasteiger partial charge in [-0.15, -0.1) is 11.8 Å². The Hall–Kier alpha value is -0.610. The Morgan fingerprint density at radius 2 is 2.27 bits per heavy atom. The smallest absolute Gasteiger partial charge is 0.117 e. The zero-order valence-corrected chi connectivity index (χ0v) is 9.89. The maximum Gasteiger partial charge on any atom is 0.117 e. The third-order valence-corrected chi connectivity index (χ3v) is 3.91. The summed E-state index contributed by atoms with van der Waals surface area (Å²) < 4.78 is 0. The lowest BCUT2D eigenvalue weighted by atomic mass is 10.1. The molecule has 1 unspecified atom stereocenters. The molecule has 0 aromatic carbocycles. The summed E-state index contributed by atoms with van der Waals surface area (Å²) in [6, 6.07) is 0.658. The summed E-state index contributed by atoms with van der Waals surface area (Å²) in [6.07, 6.45) is 7.50. The molecule has 0 aliphatic carbocycles. The second kappa shape index (κ2) is 5.47. The highest BCUT2D eigenvalue weighted by Gasteiger charge is 2.13. The van der Waals surface area contributed by atoms with Crippen molar-refractivity contribution in [2.45, 2.75) is 37.3 Å². The first-order valence-corrected chi connectivity index (χ1v) is 6.48. The highest BCUT2D eigenvalue weighted by atomic mass is 32.2. The molecule has 1 fully saturated rings. The van der Waals surface area contributed by atoms with Crippen LogP contribution in [0.3, 0.4) is 0 Å². The fraction of sp³-hybridized carbons (Fsp3) is 0.636.